The van der Waals surface area contributed by atoms with Crippen LogP contribution >= 0.6 is 27.3 Å². The van der Waals surface area contributed by atoms with Crippen molar-refractivity contribution in [2.75, 3.05) is 13.2 Å². The molecule has 0 fully saturated rings. The van der Waals surface area contributed by atoms with Gasteiger partial charge in [-0.3, -0.25) is 0 Å². The van der Waals surface area contributed by atoms with Crippen molar-refractivity contribution in [2.45, 2.75) is 25.9 Å². The second-order valence-electron chi connectivity index (χ2n) is 4.94. The van der Waals surface area contributed by atoms with E-state index in [-0.39, 0.29) is 0 Å². The quantitative estimate of drug-likeness (QED) is 0.876. The van der Waals surface area contributed by atoms with Crippen LogP contribution in [0.1, 0.15) is 35.5 Å². The molecule has 1 unspecified atom stereocenters. The van der Waals surface area contributed by atoms with Crippen LogP contribution in [0.25, 0.3) is 0 Å². The Labute approximate surface area is 136 Å². The molecule has 0 saturated carbocycles. The predicted octanol–water partition coefficient (Wildman–Crippen LogP) is 4.32. The number of thiophene rings is 1. The van der Waals surface area contributed by atoms with Gasteiger partial charge in [-0.1, -0.05) is 22.9 Å². The van der Waals surface area contributed by atoms with Gasteiger partial charge < -0.3 is 14.6 Å². The highest BCUT2D eigenvalue weighted by atomic mass is 79.9. The van der Waals surface area contributed by atoms with Crippen LogP contribution in [-0.4, -0.2) is 18.3 Å². The summed E-state index contributed by atoms with van der Waals surface area (Å²) in [5.74, 6) is 1.44. The Morgan fingerprint density at radius 3 is 2.71 bits per heavy atom. The van der Waals surface area contributed by atoms with E-state index in [9.17, 15) is 5.11 Å². The third kappa shape index (κ3) is 2.96. The lowest BCUT2D eigenvalue weighted by Crippen LogP contribution is -2.03. The Balaban J connectivity index is 2.00. The summed E-state index contributed by atoms with van der Waals surface area (Å²) in [5.41, 5.74) is 2.00. The van der Waals surface area contributed by atoms with Gasteiger partial charge in [0.1, 0.15) is 6.10 Å². The van der Waals surface area contributed by atoms with Gasteiger partial charge in [0.05, 0.1) is 13.2 Å². The second kappa shape index (κ2) is 6.38. The van der Waals surface area contributed by atoms with E-state index in [1.807, 2.05) is 17.5 Å². The van der Waals surface area contributed by atoms with E-state index in [4.69, 9.17) is 9.47 Å². The number of ether oxygens (including phenoxy) is 2. The SMILES string of the molecule is CCc1ccsc1C(O)c1cc2c(cc1Br)OCCCO2. The van der Waals surface area contributed by atoms with Gasteiger partial charge in [0.2, 0.25) is 0 Å². The molecule has 0 amide bonds. The zero-order valence-corrected chi connectivity index (χ0v) is 14.2. The molecule has 0 spiro atoms. The monoisotopic (exact) mass is 368 g/mol. The first-order valence-corrected chi connectivity index (χ1v) is 8.71. The van der Waals surface area contributed by atoms with Gasteiger partial charge in [-0.05, 0) is 35.6 Å². The molecule has 2 heterocycles. The molecule has 1 aromatic heterocycles. The molecule has 5 heteroatoms. The number of hydrogen-bond donors (Lipinski definition) is 1. The van der Waals surface area contributed by atoms with Crippen LogP contribution in [0.15, 0.2) is 28.1 Å². The fraction of sp³-hybridized carbons (Fsp3) is 0.375. The lowest BCUT2D eigenvalue weighted by atomic mass is 10.0. The molecule has 3 rings (SSSR count). The number of aryl methyl sites for hydroxylation is 1. The Morgan fingerprint density at radius 2 is 2.00 bits per heavy atom. The molecule has 1 aliphatic rings. The number of hydrogen-bond acceptors (Lipinski definition) is 4. The van der Waals surface area contributed by atoms with Crippen LogP contribution in [0.5, 0.6) is 11.5 Å². The fourth-order valence-electron chi connectivity index (χ4n) is 2.43. The van der Waals surface area contributed by atoms with Crippen LogP contribution in [0.4, 0.5) is 0 Å². The number of halogens is 1. The minimum absolute atomic E-state index is 0.642. The van der Waals surface area contributed by atoms with E-state index in [2.05, 4.69) is 28.9 Å². The molecule has 0 saturated heterocycles. The molecule has 0 radical (unpaired) electrons. The summed E-state index contributed by atoms with van der Waals surface area (Å²) < 4.78 is 12.2. The molecule has 112 valence electrons. The van der Waals surface area contributed by atoms with Crippen molar-refractivity contribution in [1.82, 2.24) is 0 Å². The number of benzene rings is 1. The first-order valence-electron chi connectivity index (χ1n) is 7.04. The van der Waals surface area contributed by atoms with Crippen molar-refractivity contribution >= 4 is 27.3 Å². The van der Waals surface area contributed by atoms with E-state index in [0.717, 1.165) is 33.5 Å². The maximum absolute atomic E-state index is 10.7. The molecule has 0 bridgehead atoms. The van der Waals surface area contributed by atoms with Crippen LogP contribution in [0, 0.1) is 0 Å². The van der Waals surface area contributed by atoms with Crippen LogP contribution in [0.3, 0.4) is 0 Å². The Morgan fingerprint density at radius 1 is 1.29 bits per heavy atom. The molecule has 1 N–H and O–H groups in total. The van der Waals surface area contributed by atoms with Crippen molar-refractivity contribution in [1.29, 1.82) is 0 Å². The minimum atomic E-state index is -0.647. The third-order valence-electron chi connectivity index (χ3n) is 3.57. The summed E-state index contributed by atoms with van der Waals surface area (Å²) in [6.45, 7) is 3.40. The van der Waals surface area contributed by atoms with E-state index in [1.54, 1.807) is 11.3 Å². The zero-order valence-electron chi connectivity index (χ0n) is 11.8. The molecule has 1 aliphatic heterocycles. The maximum atomic E-state index is 10.7. The Kier molecular flexibility index (Phi) is 4.52. The van der Waals surface area contributed by atoms with Crippen LogP contribution in [-0.2, 0) is 6.42 Å². The number of fused-ring (bicyclic) bond motifs is 1. The van der Waals surface area contributed by atoms with Crippen molar-refractivity contribution in [2.24, 2.45) is 0 Å². The standard InChI is InChI=1S/C16H17BrO3S/c1-2-10-4-7-21-16(10)15(18)11-8-13-14(9-12(11)17)20-6-3-5-19-13/h4,7-9,15,18H,2-3,5-6H2,1H3. The maximum Gasteiger partial charge on any atom is 0.162 e. The highest BCUT2D eigenvalue weighted by Crippen LogP contribution is 2.40. The highest BCUT2D eigenvalue weighted by molar-refractivity contribution is 9.10. The van der Waals surface area contributed by atoms with E-state index in [0.29, 0.717) is 19.0 Å². The van der Waals surface area contributed by atoms with Gasteiger partial charge >= 0.3 is 0 Å². The summed E-state index contributed by atoms with van der Waals surface area (Å²) in [7, 11) is 0. The minimum Gasteiger partial charge on any atom is -0.490 e. The van der Waals surface area contributed by atoms with Gasteiger partial charge in [0, 0.05) is 21.3 Å². The molecular formula is C16H17BrO3S. The smallest absolute Gasteiger partial charge is 0.162 e. The fourth-order valence-corrected chi connectivity index (χ4v) is 3.97. The average molecular weight is 369 g/mol. The van der Waals surface area contributed by atoms with Gasteiger partial charge in [-0.2, -0.15) is 0 Å². The molecule has 0 aliphatic carbocycles. The van der Waals surface area contributed by atoms with E-state index < -0.39 is 6.10 Å². The zero-order chi connectivity index (χ0) is 14.8. The molecule has 3 nitrogen and oxygen atoms in total. The molecular weight excluding hydrogens is 352 g/mol. The first-order chi connectivity index (χ1) is 10.2. The highest BCUT2D eigenvalue weighted by Gasteiger charge is 2.21. The van der Waals surface area contributed by atoms with Crippen LogP contribution < -0.4 is 9.47 Å². The Hall–Kier alpha value is -1.04. The summed E-state index contributed by atoms with van der Waals surface area (Å²) in [6.07, 6.45) is 1.14. The van der Waals surface area contributed by atoms with Gasteiger partial charge in [0.15, 0.2) is 11.5 Å². The summed E-state index contributed by atoms with van der Waals surface area (Å²) >= 11 is 5.13. The van der Waals surface area contributed by atoms with Crippen molar-refractivity contribution in [3.8, 4) is 11.5 Å². The molecule has 1 atom stereocenters. The van der Waals surface area contributed by atoms with Gasteiger partial charge in [-0.15, -0.1) is 11.3 Å². The lowest BCUT2D eigenvalue weighted by molar-refractivity contribution is 0.221. The summed E-state index contributed by atoms with van der Waals surface area (Å²) in [4.78, 5) is 0.993. The van der Waals surface area contributed by atoms with Crippen molar-refractivity contribution < 1.29 is 14.6 Å². The van der Waals surface area contributed by atoms with Crippen molar-refractivity contribution in [3.63, 3.8) is 0 Å². The average Bonchev–Trinajstić information content (AvgIpc) is 2.85. The number of rotatable bonds is 3. The van der Waals surface area contributed by atoms with Crippen molar-refractivity contribution in [3.05, 3.63) is 44.1 Å². The number of aliphatic hydroxyl groups is 1. The van der Waals surface area contributed by atoms with Gasteiger partial charge in [-0.25, -0.2) is 0 Å². The Bertz CT molecular complexity index is 638. The number of aliphatic hydroxyl groups excluding tert-OH is 1. The van der Waals surface area contributed by atoms with E-state index in [1.165, 1.54) is 5.56 Å². The summed E-state index contributed by atoms with van der Waals surface area (Å²) in [5, 5.41) is 12.8. The second-order valence-corrected chi connectivity index (χ2v) is 6.74. The molecule has 21 heavy (non-hydrogen) atoms. The van der Waals surface area contributed by atoms with E-state index >= 15 is 0 Å². The first kappa shape index (κ1) is 14.9. The molecule has 1 aromatic carbocycles. The van der Waals surface area contributed by atoms with Gasteiger partial charge in [0.25, 0.3) is 0 Å². The summed E-state index contributed by atoms with van der Waals surface area (Å²) in [6, 6.07) is 5.84. The topological polar surface area (TPSA) is 38.7 Å². The van der Waals surface area contributed by atoms with Crippen LogP contribution in [0.2, 0.25) is 0 Å². The predicted molar refractivity (Wildman–Crippen MR) is 87.5 cm³/mol. The third-order valence-corrected chi connectivity index (χ3v) is 5.27. The normalized spacial score (nSPS) is 15.6. The largest absolute Gasteiger partial charge is 0.490 e. The molecule has 2 aromatic rings. The lowest BCUT2D eigenvalue weighted by Gasteiger charge is -2.16.